The predicted molar refractivity (Wildman–Crippen MR) is 230 cm³/mol. The van der Waals surface area contributed by atoms with Crippen molar-refractivity contribution in [1.82, 2.24) is 24.6 Å². The van der Waals surface area contributed by atoms with Gasteiger partial charge in [0, 0.05) is 70.8 Å². The van der Waals surface area contributed by atoms with Crippen molar-refractivity contribution in [3.8, 4) is 11.5 Å². The molecule has 0 radical (unpaired) electrons. The predicted octanol–water partition coefficient (Wildman–Crippen LogP) is 5.61. The van der Waals surface area contributed by atoms with Crippen molar-refractivity contribution >= 4 is 23.5 Å². The second-order valence-electron chi connectivity index (χ2n) is 17.9. The van der Waals surface area contributed by atoms with Crippen molar-refractivity contribution in [2.45, 2.75) is 101 Å². The number of pyridine rings is 1. The van der Waals surface area contributed by atoms with Crippen LogP contribution in [0.25, 0.3) is 0 Å². The number of hydrogen-bond acceptors (Lipinski definition) is 11. The Hall–Kier alpha value is -4.81. The van der Waals surface area contributed by atoms with Crippen molar-refractivity contribution in [2.24, 2.45) is 0 Å². The van der Waals surface area contributed by atoms with Gasteiger partial charge in [0.2, 0.25) is 0 Å². The molecule has 5 heterocycles. The van der Waals surface area contributed by atoms with E-state index in [1.165, 1.54) is 24.2 Å². The number of carbonyl (C=O) groups excluding carboxylic acids is 2. The molecule has 2 amide bonds. The van der Waals surface area contributed by atoms with Gasteiger partial charge in [0.15, 0.2) is 12.4 Å². The van der Waals surface area contributed by atoms with Gasteiger partial charge < -0.3 is 34.6 Å². The lowest BCUT2D eigenvalue weighted by atomic mass is 9.88. The number of phenols is 1. The largest absolute Gasteiger partial charge is 0.506 e. The molecule has 1 unspecified atom stereocenters. The van der Waals surface area contributed by atoms with Crippen molar-refractivity contribution in [3.05, 3.63) is 82.7 Å². The molecule has 2 atom stereocenters. The third kappa shape index (κ3) is 10.8. The highest BCUT2D eigenvalue weighted by molar-refractivity contribution is 5.97. The monoisotopic (exact) mass is 892 g/mol. The number of aromatic hydroxyl groups is 1. The number of nitrogens with zero attached hydrogens (tertiary/aromatic N) is 5. The molecule has 4 aliphatic heterocycles. The summed E-state index contributed by atoms with van der Waals surface area (Å²) in [6, 6.07) is 12.2. The Bertz CT molecular complexity index is 2130. The number of benzene rings is 2. The smallest absolute Gasteiger partial charge is 0.417 e. The van der Waals surface area contributed by atoms with E-state index in [0.717, 1.165) is 54.5 Å². The number of anilines is 1. The number of amides is 2. The number of halogens is 3. The minimum Gasteiger partial charge on any atom is -0.506 e. The van der Waals surface area contributed by atoms with Crippen LogP contribution in [0.3, 0.4) is 0 Å². The van der Waals surface area contributed by atoms with Crippen LogP contribution < -0.4 is 10.1 Å². The molecule has 3 saturated heterocycles. The molecule has 3 aromatic rings. The number of ether oxygens (including phenoxy) is 3. The van der Waals surface area contributed by atoms with Crippen LogP contribution in [0, 0.1) is 0 Å². The summed E-state index contributed by atoms with van der Waals surface area (Å²) in [6.07, 6.45) is 5.91. The summed E-state index contributed by atoms with van der Waals surface area (Å²) in [5, 5.41) is 23.5. The summed E-state index contributed by atoms with van der Waals surface area (Å²) in [5.41, 5.74) is 1.41. The van der Waals surface area contributed by atoms with Crippen LogP contribution in [0.4, 0.5) is 18.9 Å². The molecule has 8 rings (SSSR count). The Morgan fingerprint density at radius 1 is 0.984 bits per heavy atom. The lowest BCUT2D eigenvalue weighted by molar-refractivity contribution is -0.146. The quantitative estimate of drug-likeness (QED) is 0.163. The van der Waals surface area contributed by atoms with Crippen molar-refractivity contribution in [3.63, 3.8) is 0 Å². The second kappa shape index (κ2) is 20.1. The first-order valence-corrected chi connectivity index (χ1v) is 22.7. The van der Waals surface area contributed by atoms with Crippen molar-refractivity contribution < 1.29 is 52.0 Å². The molecule has 1 saturated carbocycles. The first-order valence-electron chi connectivity index (χ1n) is 22.7. The van der Waals surface area contributed by atoms with Crippen LogP contribution in [0.1, 0.15) is 84.0 Å². The molecule has 1 spiro atoms. The molecule has 0 bridgehead atoms. The Balaban J connectivity index is 0.808. The number of rotatable bonds is 15. The third-order valence-corrected chi connectivity index (χ3v) is 13.7. The molecule has 3 N–H and O–H groups in total. The minimum atomic E-state index is -4.66. The van der Waals surface area contributed by atoms with Gasteiger partial charge in [-0.05, 0) is 73.8 Å². The van der Waals surface area contributed by atoms with Crippen LogP contribution >= 0.6 is 0 Å². The summed E-state index contributed by atoms with van der Waals surface area (Å²) >= 11 is 0. The molecule has 64 heavy (non-hydrogen) atoms. The number of carbonyl (C=O) groups is 3. The topological polar surface area (TPSA) is 157 Å². The SMILES string of the molecule is O=C1COc2c(CCN(CCN3CCC(OCCc4cccc(CN5CCC6(CC5)CN(C(=O)c5cnccc5C(F)(F)F)CCO6)c4)[C@H]3C(=O)O)C3CCCCC3)ccc(O)c2N1. The number of piperidine rings is 1. The molecule has 2 aromatic carbocycles. The summed E-state index contributed by atoms with van der Waals surface area (Å²) in [6.45, 7) is 5.81. The Morgan fingerprint density at radius 3 is 2.56 bits per heavy atom. The zero-order valence-corrected chi connectivity index (χ0v) is 36.2. The van der Waals surface area contributed by atoms with E-state index >= 15 is 0 Å². The average molecular weight is 893 g/mol. The van der Waals surface area contributed by atoms with Gasteiger partial charge in [-0.2, -0.15) is 13.2 Å². The number of phenolic OH excluding ortho intramolecular Hbond substituents is 1. The fourth-order valence-corrected chi connectivity index (χ4v) is 10.3. The lowest BCUT2D eigenvalue weighted by Crippen LogP contribution is -2.58. The van der Waals surface area contributed by atoms with Crippen molar-refractivity contribution in [1.29, 1.82) is 0 Å². The van der Waals surface area contributed by atoms with Crippen LogP contribution in [0.2, 0.25) is 0 Å². The third-order valence-electron chi connectivity index (χ3n) is 13.7. The summed E-state index contributed by atoms with van der Waals surface area (Å²) in [4.78, 5) is 50.1. The van der Waals surface area contributed by atoms with Gasteiger partial charge in [0.05, 0.1) is 42.6 Å². The highest BCUT2D eigenvalue weighted by Crippen LogP contribution is 2.40. The standard InChI is InChI=1S/C47H59F3N6O8/c48-47(49,50)37-11-17-51-28-36(37)44(59)56-24-26-64-46(31-56)15-20-53(21-16-46)29-33-6-4-5-32(27-33)14-25-62-39-13-19-55(42(39)45(60)61)23-22-54(35-7-2-1-3-8-35)18-12-34-9-10-38(57)41-43(34)63-30-40(58)52-41/h4-6,9-11,17,27-28,35,39,42,57H,1-3,7-8,12-16,18-26,29-31H2,(H,52,58)(H,60,61)/t39?,42-/m0/s1. The first-order chi connectivity index (χ1) is 30.9. The molecule has 5 aliphatic rings. The molecule has 14 nitrogen and oxygen atoms in total. The van der Waals surface area contributed by atoms with Crippen LogP contribution in [0.5, 0.6) is 11.5 Å². The number of aliphatic carboxylic acids is 1. The Kier molecular flexibility index (Phi) is 14.4. The van der Waals surface area contributed by atoms with Gasteiger partial charge in [-0.15, -0.1) is 0 Å². The maximum atomic E-state index is 13.7. The number of alkyl halides is 3. The van der Waals surface area contributed by atoms with E-state index in [1.54, 1.807) is 6.07 Å². The molecule has 1 aliphatic carbocycles. The van der Waals surface area contributed by atoms with Gasteiger partial charge in [-0.1, -0.05) is 49.6 Å². The second-order valence-corrected chi connectivity index (χ2v) is 17.9. The zero-order chi connectivity index (χ0) is 44.8. The number of fused-ring (bicyclic) bond motifs is 1. The highest BCUT2D eigenvalue weighted by atomic mass is 19.4. The number of nitrogens with one attached hydrogen (secondary N) is 1. The molecule has 1 aromatic heterocycles. The molecule has 4 fully saturated rings. The van der Waals surface area contributed by atoms with Gasteiger partial charge in [0.1, 0.15) is 17.5 Å². The van der Waals surface area contributed by atoms with E-state index < -0.39 is 46.9 Å². The van der Waals surface area contributed by atoms with Crippen LogP contribution in [-0.4, -0.2) is 149 Å². The highest BCUT2D eigenvalue weighted by Gasteiger charge is 2.44. The number of likely N-dealkylation sites (tertiary alicyclic amines) is 2. The number of morpholine rings is 1. The van der Waals surface area contributed by atoms with E-state index in [9.17, 15) is 37.8 Å². The van der Waals surface area contributed by atoms with Crippen LogP contribution in [-0.2, 0) is 44.6 Å². The number of hydrogen-bond donors (Lipinski definition) is 3. The molecule has 17 heteroatoms. The molecular weight excluding hydrogens is 834 g/mol. The lowest BCUT2D eigenvalue weighted by Gasteiger charge is -2.47. The Morgan fingerprint density at radius 2 is 1.78 bits per heavy atom. The van der Waals surface area contributed by atoms with Gasteiger partial charge in [0.25, 0.3) is 11.8 Å². The van der Waals surface area contributed by atoms with Gasteiger partial charge >= 0.3 is 12.1 Å². The van der Waals surface area contributed by atoms with Crippen LogP contribution in [0.15, 0.2) is 54.9 Å². The first kappa shape index (κ1) is 45.7. The normalized spacial score (nSPS) is 22.1. The van der Waals surface area contributed by atoms with E-state index in [-0.39, 0.29) is 38.0 Å². The van der Waals surface area contributed by atoms with Gasteiger partial charge in [-0.3, -0.25) is 34.1 Å². The summed E-state index contributed by atoms with van der Waals surface area (Å²) in [5.74, 6) is -1.38. The summed E-state index contributed by atoms with van der Waals surface area (Å²) < 4.78 is 59.3. The fraction of sp³-hybridized carbons (Fsp3) is 0.574. The van der Waals surface area contributed by atoms with E-state index in [4.69, 9.17) is 14.2 Å². The summed E-state index contributed by atoms with van der Waals surface area (Å²) in [7, 11) is 0. The van der Waals surface area contributed by atoms with Gasteiger partial charge in [-0.25, -0.2) is 0 Å². The average Bonchev–Trinajstić information content (AvgIpc) is 3.71. The minimum absolute atomic E-state index is 0.0259. The fourth-order valence-electron chi connectivity index (χ4n) is 10.3. The number of carboxylic acid groups (broad SMARTS) is 1. The van der Waals surface area contributed by atoms with E-state index in [2.05, 4.69) is 38.3 Å². The zero-order valence-electron chi connectivity index (χ0n) is 36.2. The maximum absolute atomic E-state index is 13.7. The Labute approximate surface area is 371 Å². The van der Waals surface area contributed by atoms with Crippen molar-refractivity contribution in [2.75, 3.05) is 77.5 Å². The molecular formula is C47H59F3N6O8. The number of aromatic nitrogens is 1. The van der Waals surface area contributed by atoms with E-state index in [1.807, 2.05) is 17.0 Å². The van der Waals surface area contributed by atoms with E-state index in [0.29, 0.717) is 95.5 Å². The number of carboxylic acids is 1. The molecule has 346 valence electrons. The maximum Gasteiger partial charge on any atom is 0.417 e.